The molecule has 0 N–H and O–H groups in total. The van der Waals surface area contributed by atoms with E-state index < -0.39 is 0 Å². The van der Waals surface area contributed by atoms with E-state index in [0.717, 1.165) is 0 Å². The van der Waals surface area contributed by atoms with Gasteiger partial charge in [-0.1, -0.05) is 13.8 Å². The largest absolute Gasteiger partial charge is 0.190 e. The van der Waals surface area contributed by atoms with Crippen molar-refractivity contribution in [2.75, 3.05) is 17.8 Å². The molecule has 0 bridgehead atoms. The van der Waals surface area contributed by atoms with E-state index in [1.165, 1.54) is 17.9 Å². The maximum absolute atomic E-state index is 2.62. The molecule has 0 fully saturated rings. The zero-order valence-electron chi connectivity index (χ0n) is 5.91. The maximum atomic E-state index is 2.62. The van der Waals surface area contributed by atoms with Crippen LogP contribution in [-0.4, -0.2) is 17.8 Å². The fraction of sp³-hybridized carbons (Fsp3) is 1.00. The molecule has 0 nitrogen and oxygen atoms in total. The molecule has 0 aromatic rings. The molecule has 1 unspecified atom stereocenters. The molecule has 2 heteroatoms. The van der Waals surface area contributed by atoms with Gasteiger partial charge in [-0.3, -0.25) is 0 Å². The lowest BCUT2D eigenvalue weighted by molar-refractivity contribution is 1.10. The molecule has 0 radical (unpaired) electrons. The van der Waals surface area contributed by atoms with Crippen molar-refractivity contribution in [3.63, 3.8) is 0 Å². The standard InChI is InChI=1S/C6H15IS/c1-4-6-8(3,7)5-2/h4-6H2,1-3H3. The van der Waals surface area contributed by atoms with Crippen LogP contribution in [-0.2, 0) is 0 Å². The minimum Gasteiger partial charge on any atom is -0.190 e. The van der Waals surface area contributed by atoms with E-state index in [4.69, 9.17) is 0 Å². The van der Waals surface area contributed by atoms with Crippen molar-refractivity contribution in [1.82, 2.24) is 0 Å². The van der Waals surface area contributed by atoms with E-state index in [0.29, 0.717) is 0 Å². The summed E-state index contributed by atoms with van der Waals surface area (Å²) in [5, 5.41) is 0. The van der Waals surface area contributed by atoms with Crippen LogP contribution >= 0.6 is 28.4 Å². The van der Waals surface area contributed by atoms with Crippen LogP contribution in [0.5, 0.6) is 0 Å². The first-order valence-corrected chi connectivity index (χ1v) is 7.98. The fourth-order valence-electron chi connectivity index (χ4n) is 0.570. The molecule has 0 aliphatic rings. The minimum atomic E-state index is -0.200. The summed E-state index contributed by atoms with van der Waals surface area (Å²) in [7, 11) is -0.200. The smallest absolute Gasteiger partial charge is 0.0149 e. The molecule has 52 valence electrons. The van der Waals surface area contributed by atoms with Crippen molar-refractivity contribution in [3.8, 4) is 0 Å². The Morgan fingerprint density at radius 2 is 1.88 bits per heavy atom. The lowest BCUT2D eigenvalue weighted by Crippen LogP contribution is -1.95. The van der Waals surface area contributed by atoms with Crippen molar-refractivity contribution >= 4 is 28.4 Å². The molecule has 0 amide bonds. The Balaban J connectivity index is 3.37. The van der Waals surface area contributed by atoms with Gasteiger partial charge in [-0.25, -0.2) is 0 Å². The molecule has 8 heavy (non-hydrogen) atoms. The van der Waals surface area contributed by atoms with Gasteiger partial charge in [0, 0.05) is 0 Å². The Morgan fingerprint density at radius 3 is 2.00 bits per heavy atom. The van der Waals surface area contributed by atoms with Gasteiger partial charge >= 0.3 is 0 Å². The number of rotatable bonds is 3. The van der Waals surface area contributed by atoms with Crippen LogP contribution in [0.15, 0.2) is 0 Å². The van der Waals surface area contributed by atoms with Gasteiger partial charge in [-0.05, 0) is 45.4 Å². The van der Waals surface area contributed by atoms with Crippen LogP contribution in [0, 0.1) is 0 Å². The van der Waals surface area contributed by atoms with Crippen LogP contribution < -0.4 is 0 Å². The SMILES string of the molecule is CCCS(C)(I)CC. The summed E-state index contributed by atoms with van der Waals surface area (Å²) in [4.78, 5) is 0. The van der Waals surface area contributed by atoms with E-state index >= 15 is 0 Å². The molecule has 0 rings (SSSR count). The van der Waals surface area contributed by atoms with Gasteiger partial charge in [0.2, 0.25) is 0 Å². The van der Waals surface area contributed by atoms with Gasteiger partial charge in [0.15, 0.2) is 0 Å². The van der Waals surface area contributed by atoms with Gasteiger partial charge in [-0.15, -0.1) is 0 Å². The molecule has 0 aliphatic heterocycles. The summed E-state index contributed by atoms with van der Waals surface area (Å²) in [6, 6.07) is 0. The number of hydrogen-bond donors (Lipinski definition) is 0. The van der Waals surface area contributed by atoms with Gasteiger partial charge in [-0.2, -0.15) is 7.20 Å². The molecule has 0 saturated heterocycles. The fourth-order valence-corrected chi connectivity index (χ4v) is 3.03. The molecule has 0 saturated carbocycles. The van der Waals surface area contributed by atoms with Crippen molar-refractivity contribution < 1.29 is 0 Å². The van der Waals surface area contributed by atoms with Crippen LogP contribution in [0.25, 0.3) is 0 Å². The Morgan fingerprint density at radius 1 is 1.38 bits per heavy atom. The molecule has 1 atom stereocenters. The molecule has 0 spiro atoms. The summed E-state index contributed by atoms with van der Waals surface area (Å²) in [5.74, 6) is 2.81. The zero-order valence-corrected chi connectivity index (χ0v) is 8.88. The average Bonchev–Trinajstić information content (AvgIpc) is 1.67. The Labute approximate surface area is 66.3 Å². The highest BCUT2D eigenvalue weighted by Gasteiger charge is 2.07. The predicted molar refractivity (Wildman–Crippen MR) is 53.2 cm³/mol. The third-order valence-electron chi connectivity index (χ3n) is 1.23. The third-order valence-corrected chi connectivity index (χ3v) is 6.88. The quantitative estimate of drug-likeness (QED) is 0.671. The van der Waals surface area contributed by atoms with Gasteiger partial charge in [0.1, 0.15) is 0 Å². The topological polar surface area (TPSA) is 0 Å². The molecule has 0 heterocycles. The predicted octanol–water partition coefficient (Wildman–Crippen LogP) is 3.20. The lowest BCUT2D eigenvalue weighted by atomic mass is 10.6. The van der Waals surface area contributed by atoms with Crippen molar-refractivity contribution in [2.45, 2.75) is 20.3 Å². The highest BCUT2D eigenvalue weighted by molar-refractivity contribution is 14.2. The summed E-state index contributed by atoms with van der Waals surface area (Å²) >= 11 is 2.62. The summed E-state index contributed by atoms with van der Waals surface area (Å²) in [6.45, 7) is 4.55. The van der Waals surface area contributed by atoms with Gasteiger partial charge in [0.25, 0.3) is 0 Å². The third kappa shape index (κ3) is 4.01. The van der Waals surface area contributed by atoms with Gasteiger partial charge in [0.05, 0.1) is 0 Å². The summed E-state index contributed by atoms with van der Waals surface area (Å²) < 4.78 is 0. The van der Waals surface area contributed by atoms with Crippen LogP contribution in [0.1, 0.15) is 20.3 Å². The van der Waals surface area contributed by atoms with E-state index in [1.807, 2.05) is 0 Å². The number of halogens is 1. The van der Waals surface area contributed by atoms with Gasteiger partial charge < -0.3 is 0 Å². The highest BCUT2D eigenvalue weighted by atomic mass is 127. The average molecular weight is 246 g/mol. The van der Waals surface area contributed by atoms with Crippen LogP contribution in [0.3, 0.4) is 0 Å². The molecule has 0 aromatic heterocycles. The number of hydrogen-bond acceptors (Lipinski definition) is 0. The highest BCUT2D eigenvalue weighted by Crippen LogP contribution is 2.52. The maximum Gasteiger partial charge on any atom is -0.0149 e. The van der Waals surface area contributed by atoms with Crippen LogP contribution in [0.2, 0.25) is 0 Å². The Bertz CT molecular complexity index is 61.5. The van der Waals surface area contributed by atoms with E-state index in [9.17, 15) is 0 Å². The van der Waals surface area contributed by atoms with Crippen LogP contribution in [0.4, 0.5) is 0 Å². The monoisotopic (exact) mass is 246 g/mol. The Kier molecular flexibility index (Phi) is 4.52. The first-order chi connectivity index (χ1) is 3.62. The van der Waals surface area contributed by atoms with E-state index in [1.54, 1.807) is 0 Å². The molecular weight excluding hydrogens is 231 g/mol. The van der Waals surface area contributed by atoms with Crippen molar-refractivity contribution in [1.29, 1.82) is 0 Å². The second kappa shape index (κ2) is 3.99. The normalized spacial score (nSPS) is 22.0. The molecule has 0 aliphatic carbocycles. The van der Waals surface area contributed by atoms with Crippen molar-refractivity contribution in [2.24, 2.45) is 0 Å². The Hall–Kier alpha value is 1.08. The van der Waals surface area contributed by atoms with Crippen molar-refractivity contribution in [3.05, 3.63) is 0 Å². The summed E-state index contributed by atoms with van der Waals surface area (Å²) in [5.41, 5.74) is 0. The first-order valence-electron chi connectivity index (χ1n) is 3.05. The minimum absolute atomic E-state index is 0.200. The summed E-state index contributed by atoms with van der Waals surface area (Å²) in [6.07, 6.45) is 3.75. The lowest BCUT2D eigenvalue weighted by Gasteiger charge is -2.25. The second-order valence-corrected chi connectivity index (χ2v) is 11.8. The second-order valence-electron chi connectivity index (χ2n) is 2.15. The zero-order chi connectivity index (χ0) is 6.62. The van der Waals surface area contributed by atoms with E-state index in [2.05, 4.69) is 41.3 Å². The molecule has 0 aromatic carbocycles. The first kappa shape index (κ1) is 9.08. The van der Waals surface area contributed by atoms with E-state index in [-0.39, 0.29) is 7.20 Å². The molecular formula is C6H15IS.